The van der Waals surface area contributed by atoms with Crippen LogP contribution in [0.2, 0.25) is 0 Å². The van der Waals surface area contributed by atoms with Crippen LogP contribution in [0.25, 0.3) is 0 Å². The number of benzene rings is 1. The van der Waals surface area contributed by atoms with E-state index in [4.69, 9.17) is 5.73 Å². The van der Waals surface area contributed by atoms with Crippen LogP contribution in [0.1, 0.15) is 19.8 Å². The highest BCUT2D eigenvalue weighted by Gasteiger charge is 2.12. The summed E-state index contributed by atoms with van der Waals surface area (Å²) in [6.45, 7) is 2.56. The molecule has 0 saturated carbocycles. The van der Waals surface area contributed by atoms with E-state index in [9.17, 15) is 9.18 Å². The molecular formula is C13H19FN2OS. The van der Waals surface area contributed by atoms with Gasteiger partial charge in [0.05, 0.1) is 5.25 Å². The Morgan fingerprint density at radius 3 is 2.67 bits per heavy atom. The Morgan fingerprint density at radius 1 is 1.39 bits per heavy atom. The van der Waals surface area contributed by atoms with Gasteiger partial charge in [0.15, 0.2) is 0 Å². The Bertz CT molecular complexity index is 370. The second-order valence-electron chi connectivity index (χ2n) is 4.00. The fourth-order valence-electron chi connectivity index (χ4n) is 1.36. The lowest BCUT2D eigenvalue weighted by molar-refractivity contribution is -0.115. The third-order valence-electron chi connectivity index (χ3n) is 2.45. The van der Waals surface area contributed by atoms with Crippen LogP contribution in [0.3, 0.4) is 0 Å². The molecular weight excluding hydrogens is 251 g/mol. The summed E-state index contributed by atoms with van der Waals surface area (Å²) < 4.78 is 12.7. The zero-order valence-electron chi connectivity index (χ0n) is 10.5. The van der Waals surface area contributed by atoms with Crippen LogP contribution in [0.5, 0.6) is 0 Å². The van der Waals surface area contributed by atoms with Crippen molar-refractivity contribution in [2.24, 2.45) is 5.73 Å². The molecule has 1 aromatic rings. The SMILES string of the molecule is CC(SCCCCN)C(=O)Nc1ccc(F)cc1. The molecule has 1 unspecified atom stereocenters. The third-order valence-corrected chi connectivity index (χ3v) is 3.69. The highest BCUT2D eigenvalue weighted by molar-refractivity contribution is 8.00. The predicted molar refractivity (Wildman–Crippen MR) is 75.2 cm³/mol. The minimum Gasteiger partial charge on any atom is -0.330 e. The summed E-state index contributed by atoms with van der Waals surface area (Å²) in [6, 6.07) is 5.77. The molecule has 0 aliphatic rings. The van der Waals surface area contributed by atoms with E-state index in [0.717, 1.165) is 18.6 Å². The average Bonchev–Trinajstić information content (AvgIpc) is 2.37. The topological polar surface area (TPSA) is 55.1 Å². The zero-order valence-corrected chi connectivity index (χ0v) is 11.3. The first kappa shape index (κ1) is 15.0. The van der Waals surface area contributed by atoms with Crippen molar-refractivity contribution in [3.8, 4) is 0 Å². The van der Waals surface area contributed by atoms with Gasteiger partial charge in [0.25, 0.3) is 0 Å². The molecule has 1 amide bonds. The van der Waals surface area contributed by atoms with E-state index in [1.165, 1.54) is 12.1 Å². The van der Waals surface area contributed by atoms with E-state index < -0.39 is 0 Å². The molecule has 1 aromatic carbocycles. The van der Waals surface area contributed by atoms with Gasteiger partial charge in [0, 0.05) is 5.69 Å². The second-order valence-corrected chi connectivity index (χ2v) is 5.45. The quantitative estimate of drug-likeness (QED) is 0.749. The number of amides is 1. The standard InChI is InChI=1S/C13H19FN2OS/c1-10(18-9-3-2-8-15)13(17)16-12-6-4-11(14)5-7-12/h4-7,10H,2-3,8-9,15H2,1H3,(H,16,17). The van der Waals surface area contributed by atoms with Crippen LogP contribution < -0.4 is 11.1 Å². The summed E-state index contributed by atoms with van der Waals surface area (Å²) >= 11 is 1.61. The van der Waals surface area contributed by atoms with Crippen molar-refractivity contribution < 1.29 is 9.18 Å². The van der Waals surface area contributed by atoms with Crippen molar-refractivity contribution in [2.45, 2.75) is 25.0 Å². The molecule has 3 nitrogen and oxygen atoms in total. The monoisotopic (exact) mass is 270 g/mol. The van der Waals surface area contributed by atoms with E-state index in [-0.39, 0.29) is 17.0 Å². The fraction of sp³-hybridized carbons (Fsp3) is 0.462. The van der Waals surface area contributed by atoms with Gasteiger partial charge in [-0.3, -0.25) is 4.79 Å². The van der Waals surface area contributed by atoms with Crippen LogP contribution >= 0.6 is 11.8 Å². The Morgan fingerprint density at radius 2 is 2.06 bits per heavy atom. The summed E-state index contributed by atoms with van der Waals surface area (Å²) in [5.41, 5.74) is 6.02. The number of hydrogen-bond donors (Lipinski definition) is 2. The van der Waals surface area contributed by atoms with E-state index in [1.807, 2.05) is 6.92 Å². The van der Waals surface area contributed by atoms with Gasteiger partial charge in [-0.1, -0.05) is 0 Å². The molecule has 0 aliphatic heterocycles. The maximum atomic E-state index is 12.7. The van der Waals surface area contributed by atoms with Crippen molar-refractivity contribution in [3.63, 3.8) is 0 Å². The van der Waals surface area contributed by atoms with Crippen LogP contribution in [0, 0.1) is 5.82 Å². The number of nitrogens with one attached hydrogen (secondary N) is 1. The largest absolute Gasteiger partial charge is 0.330 e. The van der Waals surface area contributed by atoms with Crippen LogP contribution in [-0.4, -0.2) is 23.5 Å². The first-order chi connectivity index (χ1) is 8.63. The number of carbonyl (C=O) groups is 1. The van der Waals surface area contributed by atoms with Crippen molar-refractivity contribution in [1.82, 2.24) is 0 Å². The van der Waals surface area contributed by atoms with E-state index in [1.54, 1.807) is 23.9 Å². The summed E-state index contributed by atoms with van der Waals surface area (Å²) in [7, 11) is 0. The molecule has 3 N–H and O–H groups in total. The Kier molecular flexibility index (Phi) is 6.75. The minimum absolute atomic E-state index is 0.0562. The summed E-state index contributed by atoms with van der Waals surface area (Å²) in [5.74, 6) is 0.562. The Hall–Kier alpha value is -1.07. The first-order valence-corrected chi connectivity index (χ1v) is 7.06. The van der Waals surface area contributed by atoms with Gasteiger partial charge >= 0.3 is 0 Å². The van der Waals surface area contributed by atoms with Crippen LogP contribution in [-0.2, 0) is 4.79 Å². The normalized spacial score (nSPS) is 12.2. The van der Waals surface area contributed by atoms with Crippen LogP contribution in [0.4, 0.5) is 10.1 Å². The number of halogens is 1. The van der Waals surface area contributed by atoms with Gasteiger partial charge in [-0.25, -0.2) is 4.39 Å². The number of unbranched alkanes of at least 4 members (excludes halogenated alkanes) is 1. The molecule has 100 valence electrons. The number of nitrogens with two attached hydrogens (primary N) is 1. The molecule has 0 saturated heterocycles. The van der Waals surface area contributed by atoms with E-state index in [2.05, 4.69) is 5.32 Å². The lowest BCUT2D eigenvalue weighted by Gasteiger charge is -2.11. The van der Waals surface area contributed by atoms with Gasteiger partial charge < -0.3 is 11.1 Å². The van der Waals surface area contributed by atoms with Crippen molar-refractivity contribution in [1.29, 1.82) is 0 Å². The summed E-state index contributed by atoms with van der Waals surface area (Å²) in [4.78, 5) is 11.8. The molecule has 1 rings (SSSR count). The molecule has 0 aromatic heterocycles. The van der Waals surface area contributed by atoms with Crippen molar-refractivity contribution >= 4 is 23.4 Å². The smallest absolute Gasteiger partial charge is 0.237 e. The summed E-state index contributed by atoms with van der Waals surface area (Å²) in [5, 5.41) is 2.64. The molecule has 18 heavy (non-hydrogen) atoms. The number of hydrogen-bond acceptors (Lipinski definition) is 3. The highest BCUT2D eigenvalue weighted by atomic mass is 32.2. The number of rotatable bonds is 7. The average molecular weight is 270 g/mol. The molecule has 0 bridgehead atoms. The second kappa shape index (κ2) is 8.11. The molecule has 0 spiro atoms. The van der Waals surface area contributed by atoms with E-state index >= 15 is 0 Å². The van der Waals surface area contributed by atoms with Crippen LogP contribution in [0.15, 0.2) is 24.3 Å². The Labute approximate surface area is 111 Å². The maximum Gasteiger partial charge on any atom is 0.237 e. The number of carbonyl (C=O) groups excluding carboxylic acids is 1. The Balaban J connectivity index is 2.33. The van der Waals surface area contributed by atoms with E-state index in [0.29, 0.717) is 12.2 Å². The highest BCUT2D eigenvalue weighted by Crippen LogP contribution is 2.15. The molecule has 5 heteroatoms. The fourth-order valence-corrected chi connectivity index (χ4v) is 2.29. The number of thioether (sulfide) groups is 1. The lowest BCUT2D eigenvalue weighted by atomic mass is 10.3. The molecule has 0 aliphatic carbocycles. The summed E-state index contributed by atoms with van der Waals surface area (Å²) in [6.07, 6.45) is 2.01. The molecule has 1 atom stereocenters. The zero-order chi connectivity index (χ0) is 13.4. The van der Waals surface area contributed by atoms with Gasteiger partial charge in [-0.15, -0.1) is 11.8 Å². The molecule has 0 fully saturated rings. The minimum atomic E-state index is -0.308. The maximum absolute atomic E-state index is 12.7. The first-order valence-electron chi connectivity index (χ1n) is 6.01. The lowest BCUT2D eigenvalue weighted by Crippen LogP contribution is -2.22. The van der Waals surface area contributed by atoms with Crippen molar-refractivity contribution in [2.75, 3.05) is 17.6 Å². The van der Waals surface area contributed by atoms with Gasteiger partial charge in [-0.05, 0) is 56.3 Å². The number of anilines is 1. The predicted octanol–water partition coefficient (Wildman–Crippen LogP) is 2.62. The van der Waals surface area contributed by atoms with Gasteiger partial charge in [0.2, 0.25) is 5.91 Å². The van der Waals surface area contributed by atoms with Gasteiger partial charge in [0.1, 0.15) is 5.82 Å². The molecule has 0 radical (unpaired) electrons. The molecule has 0 heterocycles. The van der Waals surface area contributed by atoms with Crippen molar-refractivity contribution in [3.05, 3.63) is 30.1 Å². The third kappa shape index (κ3) is 5.51. The van der Waals surface area contributed by atoms with Gasteiger partial charge in [-0.2, -0.15) is 0 Å².